The number of piperidine rings is 1. The van der Waals surface area contributed by atoms with Gasteiger partial charge < -0.3 is 24.4 Å². The molecule has 4 rings (SSSR count). The minimum Gasteiger partial charge on any atom is -0.472 e. The molecular weight excluding hydrogens is 469 g/mol. The maximum Gasteiger partial charge on any atom is 0.410 e. The van der Waals surface area contributed by atoms with E-state index in [2.05, 4.69) is 20.1 Å². The lowest BCUT2D eigenvalue weighted by atomic mass is 9.84. The first kappa shape index (κ1) is 23.4. The molecule has 2 aliphatic rings. The molecule has 0 aliphatic carbocycles. The number of hydrogen-bond donors (Lipinski definition) is 1. The molecular formula is C22H23Cl2N5O4. The Morgan fingerprint density at radius 2 is 2.00 bits per heavy atom. The van der Waals surface area contributed by atoms with Gasteiger partial charge in [-0.3, -0.25) is 0 Å². The highest BCUT2D eigenvalue weighted by Crippen LogP contribution is 2.37. The van der Waals surface area contributed by atoms with Crippen LogP contribution in [0.1, 0.15) is 13.8 Å². The van der Waals surface area contributed by atoms with Crippen molar-refractivity contribution >= 4 is 46.5 Å². The number of fused-ring (bicyclic) bond motifs is 2. The molecule has 0 spiro atoms. The predicted octanol–water partition coefficient (Wildman–Crippen LogP) is 4.95. The first-order valence-corrected chi connectivity index (χ1v) is 11.3. The summed E-state index contributed by atoms with van der Waals surface area (Å²) in [6.07, 6.45) is 0.628. The Balaban J connectivity index is 1.49. The molecule has 2 aliphatic heterocycles. The minimum atomic E-state index is -0.326. The number of nitrogens with one attached hydrogen (secondary N) is 1. The Morgan fingerprint density at radius 1 is 1.27 bits per heavy atom. The van der Waals surface area contributed by atoms with Crippen molar-refractivity contribution in [3.63, 3.8) is 0 Å². The number of benzene rings is 1. The van der Waals surface area contributed by atoms with Crippen LogP contribution in [0.25, 0.3) is 4.85 Å². The molecule has 11 heteroatoms. The smallest absolute Gasteiger partial charge is 0.410 e. The summed E-state index contributed by atoms with van der Waals surface area (Å²) in [5.41, 5.74) is 0.985. The summed E-state index contributed by atoms with van der Waals surface area (Å²) in [5, 5.41) is 3.65. The maximum atomic E-state index is 12.4. The number of hydrogen-bond acceptors (Lipinski definition) is 7. The van der Waals surface area contributed by atoms with Gasteiger partial charge in [-0.2, -0.15) is 0 Å². The third-order valence-electron chi connectivity index (χ3n) is 5.44. The van der Waals surface area contributed by atoms with Gasteiger partial charge >= 0.3 is 6.09 Å². The molecule has 2 unspecified atom stereocenters. The largest absolute Gasteiger partial charge is 0.472 e. The number of ether oxygens (including phenoxy) is 3. The van der Waals surface area contributed by atoms with Gasteiger partial charge in [0.2, 0.25) is 5.88 Å². The van der Waals surface area contributed by atoms with Crippen LogP contribution in [0.5, 0.6) is 5.88 Å². The second kappa shape index (κ2) is 10.00. The van der Waals surface area contributed by atoms with Crippen LogP contribution in [0.4, 0.5) is 22.0 Å². The normalized spacial score (nSPS) is 21.9. The third-order valence-corrected chi connectivity index (χ3v) is 6.09. The fourth-order valence-electron chi connectivity index (χ4n) is 3.97. The van der Waals surface area contributed by atoms with Gasteiger partial charge in [0, 0.05) is 24.9 Å². The van der Waals surface area contributed by atoms with E-state index in [0.717, 1.165) is 0 Å². The summed E-state index contributed by atoms with van der Waals surface area (Å²) >= 11 is 12.8. The van der Waals surface area contributed by atoms with E-state index in [9.17, 15) is 4.79 Å². The lowest BCUT2D eigenvalue weighted by Gasteiger charge is -2.45. The topological polar surface area (TPSA) is 90.2 Å². The Bertz CT molecular complexity index is 1060. The number of nitrogens with zero attached hydrogens (tertiary/aromatic N) is 4. The molecule has 2 atom stereocenters. The second-order valence-corrected chi connectivity index (χ2v) is 9.01. The number of anilines is 2. The van der Waals surface area contributed by atoms with Gasteiger partial charge in [0.1, 0.15) is 17.5 Å². The second-order valence-electron chi connectivity index (χ2n) is 8.22. The van der Waals surface area contributed by atoms with Crippen LogP contribution in [0.3, 0.4) is 0 Å². The summed E-state index contributed by atoms with van der Waals surface area (Å²) in [4.78, 5) is 25.9. The zero-order chi connectivity index (χ0) is 23.5. The molecule has 2 saturated heterocycles. The van der Waals surface area contributed by atoms with E-state index in [-0.39, 0.29) is 41.0 Å². The number of amides is 1. The van der Waals surface area contributed by atoms with Crippen LogP contribution in [0, 0.1) is 18.4 Å². The SMILES string of the molecule is [C-]#[N+]c1ccc(Nc2ncnc(OC3C4COCC3CN(C(=O)OC(C)C)C4)c2Cl)c(Cl)c1. The van der Waals surface area contributed by atoms with Gasteiger partial charge in [-0.1, -0.05) is 29.3 Å². The third kappa shape index (κ3) is 5.24. The standard InChI is InChI=1S/C22H23Cl2N5O4/c1-12(2)32-22(30)29-7-13-9-31-10-14(8-29)19(13)33-21-18(24)20(26-11-27-21)28-17-5-4-15(25-3)6-16(17)23/h4-6,11-14,19H,7-10H2,1-2H3,(H,26,27,28). The Labute approximate surface area is 201 Å². The van der Waals surface area contributed by atoms with Crippen LogP contribution >= 0.6 is 23.2 Å². The van der Waals surface area contributed by atoms with Gasteiger partial charge in [-0.05, 0) is 26.0 Å². The van der Waals surface area contributed by atoms with Crippen molar-refractivity contribution in [3.8, 4) is 5.88 Å². The zero-order valence-corrected chi connectivity index (χ0v) is 19.6. The summed E-state index contributed by atoms with van der Waals surface area (Å²) in [6.45, 7) is 12.6. The van der Waals surface area contributed by atoms with Crippen molar-refractivity contribution in [3.05, 3.63) is 46.0 Å². The van der Waals surface area contributed by atoms with Gasteiger partial charge in [0.25, 0.3) is 0 Å². The fourth-order valence-corrected chi connectivity index (χ4v) is 4.38. The Hall–Kier alpha value is -2.80. The molecule has 0 saturated carbocycles. The number of halogens is 2. The summed E-state index contributed by atoms with van der Waals surface area (Å²) in [5.74, 6) is 0.479. The highest BCUT2D eigenvalue weighted by atomic mass is 35.5. The molecule has 1 amide bonds. The molecule has 0 radical (unpaired) electrons. The minimum absolute atomic E-state index is 0.0461. The van der Waals surface area contributed by atoms with Crippen molar-refractivity contribution in [1.29, 1.82) is 0 Å². The van der Waals surface area contributed by atoms with Gasteiger partial charge in [-0.15, -0.1) is 0 Å². The predicted molar refractivity (Wildman–Crippen MR) is 123 cm³/mol. The number of carbonyl (C=O) groups excluding carboxylic acids is 1. The quantitative estimate of drug-likeness (QED) is 0.591. The molecule has 2 bridgehead atoms. The first-order valence-electron chi connectivity index (χ1n) is 10.5. The van der Waals surface area contributed by atoms with Crippen LogP contribution in [0.2, 0.25) is 10.0 Å². The molecule has 33 heavy (non-hydrogen) atoms. The molecule has 9 nitrogen and oxygen atoms in total. The fraction of sp³-hybridized carbons (Fsp3) is 0.455. The van der Waals surface area contributed by atoms with E-state index < -0.39 is 0 Å². The van der Waals surface area contributed by atoms with Crippen molar-refractivity contribution < 1.29 is 19.0 Å². The zero-order valence-electron chi connectivity index (χ0n) is 18.1. The lowest BCUT2D eigenvalue weighted by Crippen LogP contribution is -2.58. The average Bonchev–Trinajstić information content (AvgIpc) is 2.76. The summed E-state index contributed by atoms with van der Waals surface area (Å²) in [7, 11) is 0. The van der Waals surface area contributed by atoms with Crippen LogP contribution < -0.4 is 10.1 Å². The number of aromatic nitrogens is 2. The molecule has 3 heterocycles. The first-order chi connectivity index (χ1) is 15.9. The van der Waals surface area contributed by atoms with E-state index >= 15 is 0 Å². The van der Waals surface area contributed by atoms with Crippen LogP contribution in [-0.2, 0) is 9.47 Å². The average molecular weight is 492 g/mol. The Morgan fingerprint density at radius 3 is 2.64 bits per heavy atom. The van der Waals surface area contributed by atoms with Gasteiger partial charge in [0.15, 0.2) is 11.5 Å². The lowest BCUT2D eigenvalue weighted by molar-refractivity contribution is -0.110. The molecule has 2 aromatic rings. The van der Waals surface area contributed by atoms with Crippen molar-refractivity contribution in [2.24, 2.45) is 11.8 Å². The van der Waals surface area contributed by atoms with Crippen molar-refractivity contribution in [2.75, 3.05) is 31.6 Å². The Kier molecular flexibility index (Phi) is 7.08. The van der Waals surface area contributed by atoms with Crippen LogP contribution in [-0.4, -0.2) is 59.5 Å². The van der Waals surface area contributed by atoms with E-state index in [0.29, 0.717) is 48.5 Å². The van der Waals surface area contributed by atoms with Gasteiger partial charge in [0.05, 0.1) is 36.6 Å². The highest BCUT2D eigenvalue weighted by Gasteiger charge is 2.44. The molecule has 1 N–H and O–H groups in total. The van der Waals surface area contributed by atoms with Gasteiger partial charge in [-0.25, -0.2) is 19.6 Å². The number of carbonyl (C=O) groups is 1. The maximum absolute atomic E-state index is 12.4. The van der Waals surface area contributed by atoms with E-state index in [1.54, 1.807) is 23.1 Å². The number of rotatable bonds is 5. The number of likely N-dealkylation sites (tertiary alicyclic amines) is 1. The summed E-state index contributed by atoms with van der Waals surface area (Å²) < 4.78 is 17.3. The van der Waals surface area contributed by atoms with E-state index in [1.165, 1.54) is 6.33 Å². The van der Waals surface area contributed by atoms with E-state index in [4.69, 9.17) is 44.0 Å². The summed E-state index contributed by atoms with van der Waals surface area (Å²) in [6, 6.07) is 4.89. The van der Waals surface area contributed by atoms with E-state index in [1.807, 2.05) is 13.8 Å². The highest BCUT2D eigenvalue weighted by molar-refractivity contribution is 6.35. The molecule has 2 fully saturated rings. The molecule has 174 valence electrons. The van der Waals surface area contributed by atoms with Crippen molar-refractivity contribution in [2.45, 2.75) is 26.1 Å². The molecule has 1 aromatic heterocycles. The monoisotopic (exact) mass is 491 g/mol. The van der Waals surface area contributed by atoms with Crippen molar-refractivity contribution in [1.82, 2.24) is 14.9 Å². The molecule has 1 aromatic carbocycles. The van der Waals surface area contributed by atoms with Crippen LogP contribution in [0.15, 0.2) is 24.5 Å².